The molecule has 9 heteroatoms. The summed E-state index contributed by atoms with van der Waals surface area (Å²) in [5.41, 5.74) is 0.778. The first-order chi connectivity index (χ1) is 12.9. The molecule has 0 unspecified atom stereocenters. The van der Waals surface area contributed by atoms with Gasteiger partial charge < -0.3 is 14.5 Å². The predicted molar refractivity (Wildman–Crippen MR) is 99.6 cm³/mol. The summed E-state index contributed by atoms with van der Waals surface area (Å²) in [6, 6.07) is 8.32. The lowest BCUT2D eigenvalue weighted by molar-refractivity contribution is 0.0730. The van der Waals surface area contributed by atoms with Gasteiger partial charge in [0.05, 0.1) is 18.1 Å². The minimum atomic E-state index is -3.55. The Morgan fingerprint density at radius 3 is 2.52 bits per heavy atom. The lowest BCUT2D eigenvalue weighted by Crippen LogP contribution is -2.40. The summed E-state index contributed by atoms with van der Waals surface area (Å²) in [6.45, 7) is 6.24. The van der Waals surface area contributed by atoms with Crippen LogP contribution in [0.4, 0.5) is 5.88 Å². The monoisotopic (exact) mass is 390 g/mol. The number of morpholine rings is 1. The van der Waals surface area contributed by atoms with E-state index in [1.807, 2.05) is 19.9 Å². The van der Waals surface area contributed by atoms with Crippen LogP contribution in [0.3, 0.4) is 0 Å². The first-order valence-electron chi connectivity index (χ1n) is 8.75. The van der Waals surface area contributed by atoms with Gasteiger partial charge in [-0.1, -0.05) is 13.8 Å². The summed E-state index contributed by atoms with van der Waals surface area (Å²) in [7, 11) is -3.55. The molecule has 27 heavy (non-hydrogen) atoms. The third-order valence-corrected chi connectivity index (χ3v) is 6.03. The molecule has 0 amide bonds. The topological polar surface area (TPSA) is 108 Å². The molecule has 1 aromatic heterocycles. The molecular weight excluding hydrogens is 368 g/mol. The van der Waals surface area contributed by atoms with E-state index in [1.54, 1.807) is 12.1 Å². The Balaban J connectivity index is 1.82. The van der Waals surface area contributed by atoms with Crippen LogP contribution in [0.5, 0.6) is 0 Å². The van der Waals surface area contributed by atoms with Crippen LogP contribution in [0.15, 0.2) is 33.6 Å². The SMILES string of the molecule is CC(C)CNc1oc(-c2ccc(S(=O)(=O)N3CCOCC3)cc2)nc1C#N. The minimum Gasteiger partial charge on any atom is -0.419 e. The lowest BCUT2D eigenvalue weighted by atomic mass is 10.2. The Bertz CT molecular complexity index is 923. The molecule has 3 rings (SSSR count). The molecule has 0 aliphatic carbocycles. The smallest absolute Gasteiger partial charge is 0.243 e. The molecule has 1 fully saturated rings. The standard InChI is InChI=1S/C18H22N4O4S/c1-13(2)12-20-18-16(11-19)21-17(26-18)14-3-5-15(6-4-14)27(23,24)22-7-9-25-10-8-22/h3-6,13,20H,7-10,12H2,1-2H3. The molecule has 1 aliphatic rings. The van der Waals surface area contributed by atoms with Crippen molar-refractivity contribution in [3.05, 3.63) is 30.0 Å². The number of nitriles is 1. The molecule has 0 saturated carbocycles. The molecule has 0 atom stereocenters. The van der Waals surface area contributed by atoms with Crippen molar-refractivity contribution < 1.29 is 17.6 Å². The van der Waals surface area contributed by atoms with E-state index < -0.39 is 10.0 Å². The van der Waals surface area contributed by atoms with Gasteiger partial charge in [0.1, 0.15) is 6.07 Å². The largest absolute Gasteiger partial charge is 0.419 e. The van der Waals surface area contributed by atoms with Gasteiger partial charge in [-0.3, -0.25) is 0 Å². The van der Waals surface area contributed by atoms with Gasteiger partial charge in [-0.25, -0.2) is 8.42 Å². The Morgan fingerprint density at radius 1 is 1.26 bits per heavy atom. The van der Waals surface area contributed by atoms with E-state index in [0.29, 0.717) is 50.2 Å². The van der Waals surface area contributed by atoms with Gasteiger partial charge in [0, 0.05) is 25.2 Å². The van der Waals surface area contributed by atoms with E-state index in [1.165, 1.54) is 16.4 Å². The number of oxazole rings is 1. The van der Waals surface area contributed by atoms with Crippen molar-refractivity contribution in [1.82, 2.24) is 9.29 Å². The highest BCUT2D eigenvalue weighted by atomic mass is 32.2. The maximum absolute atomic E-state index is 12.7. The summed E-state index contributed by atoms with van der Waals surface area (Å²) in [4.78, 5) is 4.40. The normalized spacial score (nSPS) is 15.6. The van der Waals surface area contributed by atoms with E-state index in [9.17, 15) is 13.7 Å². The zero-order chi connectivity index (χ0) is 19.4. The van der Waals surface area contributed by atoms with Crippen LogP contribution in [0.1, 0.15) is 19.5 Å². The van der Waals surface area contributed by atoms with Crippen LogP contribution in [0.25, 0.3) is 11.5 Å². The van der Waals surface area contributed by atoms with Crippen molar-refractivity contribution in [2.75, 3.05) is 38.2 Å². The lowest BCUT2D eigenvalue weighted by Gasteiger charge is -2.26. The van der Waals surface area contributed by atoms with Crippen molar-refractivity contribution in [2.45, 2.75) is 18.7 Å². The van der Waals surface area contributed by atoms with Gasteiger partial charge in [0.15, 0.2) is 0 Å². The molecule has 0 bridgehead atoms. The highest BCUT2D eigenvalue weighted by Crippen LogP contribution is 2.27. The first-order valence-corrected chi connectivity index (χ1v) is 10.2. The second-order valence-corrected chi connectivity index (χ2v) is 8.56. The number of hydrogen-bond donors (Lipinski definition) is 1. The molecule has 8 nitrogen and oxygen atoms in total. The van der Waals surface area contributed by atoms with Crippen LogP contribution < -0.4 is 5.32 Å². The zero-order valence-electron chi connectivity index (χ0n) is 15.3. The van der Waals surface area contributed by atoms with E-state index in [4.69, 9.17) is 9.15 Å². The van der Waals surface area contributed by atoms with E-state index in [-0.39, 0.29) is 16.5 Å². The van der Waals surface area contributed by atoms with Crippen LogP contribution in [-0.4, -0.2) is 50.6 Å². The summed E-state index contributed by atoms with van der Waals surface area (Å²) in [5, 5.41) is 12.3. The molecule has 1 aliphatic heterocycles. The number of rotatable bonds is 6. The number of sulfonamides is 1. The van der Waals surface area contributed by atoms with Gasteiger partial charge >= 0.3 is 0 Å². The number of hydrogen-bond acceptors (Lipinski definition) is 7. The second kappa shape index (κ2) is 8.08. The van der Waals surface area contributed by atoms with E-state index in [2.05, 4.69) is 10.3 Å². The van der Waals surface area contributed by atoms with Crippen LogP contribution in [0.2, 0.25) is 0 Å². The number of nitrogens with zero attached hydrogens (tertiary/aromatic N) is 3. The minimum absolute atomic E-state index is 0.177. The van der Waals surface area contributed by atoms with E-state index in [0.717, 1.165) is 0 Å². The van der Waals surface area contributed by atoms with Crippen molar-refractivity contribution in [1.29, 1.82) is 5.26 Å². The quantitative estimate of drug-likeness (QED) is 0.806. The van der Waals surface area contributed by atoms with Crippen LogP contribution in [0, 0.1) is 17.2 Å². The molecular formula is C18H22N4O4S. The average Bonchev–Trinajstić information content (AvgIpc) is 3.10. The summed E-state index contributed by atoms with van der Waals surface area (Å²) in [5.74, 6) is 0.981. The van der Waals surface area contributed by atoms with Crippen molar-refractivity contribution >= 4 is 15.9 Å². The molecule has 2 heterocycles. The van der Waals surface area contributed by atoms with Crippen LogP contribution in [-0.2, 0) is 14.8 Å². The number of ether oxygens (including phenoxy) is 1. The summed E-state index contributed by atoms with van der Waals surface area (Å²) in [6.07, 6.45) is 0. The predicted octanol–water partition coefficient (Wildman–Crippen LogP) is 2.30. The summed E-state index contributed by atoms with van der Waals surface area (Å²) >= 11 is 0. The third kappa shape index (κ3) is 4.30. The van der Waals surface area contributed by atoms with Crippen LogP contribution >= 0.6 is 0 Å². The van der Waals surface area contributed by atoms with Gasteiger partial charge in [-0.15, -0.1) is 0 Å². The summed E-state index contributed by atoms with van der Waals surface area (Å²) < 4.78 is 37.6. The molecule has 144 valence electrons. The maximum atomic E-state index is 12.7. The van der Waals surface area contributed by atoms with E-state index >= 15 is 0 Å². The van der Waals surface area contributed by atoms with Gasteiger partial charge in [0.2, 0.25) is 27.5 Å². The highest BCUT2D eigenvalue weighted by Gasteiger charge is 2.26. The number of anilines is 1. The Labute approximate surface area is 158 Å². The third-order valence-electron chi connectivity index (χ3n) is 4.11. The number of benzene rings is 1. The Hall–Kier alpha value is -2.41. The van der Waals surface area contributed by atoms with Crippen molar-refractivity contribution in [2.24, 2.45) is 5.92 Å². The zero-order valence-corrected chi connectivity index (χ0v) is 16.1. The fourth-order valence-electron chi connectivity index (χ4n) is 2.64. The second-order valence-electron chi connectivity index (χ2n) is 6.62. The van der Waals surface area contributed by atoms with Crippen molar-refractivity contribution in [3.63, 3.8) is 0 Å². The van der Waals surface area contributed by atoms with Crippen molar-refractivity contribution in [3.8, 4) is 17.5 Å². The van der Waals surface area contributed by atoms with Gasteiger partial charge in [-0.2, -0.15) is 14.6 Å². The number of nitrogens with one attached hydrogen (secondary N) is 1. The molecule has 0 spiro atoms. The van der Waals surface area contributed by atoms with Gasteiger partial charge in [-0.05, 0) is 30.2 Å². The molecule has 0 radical (unpaired) electrons. The van der Waals surface area contributed by atoms with Gasteiger partial charge in [0.25, 0.3) is 0 Å². The first kappa shape index (κ1) is 19.4. The molecule has 1 saturated heterocycles. The molecule has 1 aromatic carbocycles. The molecule has 2 aromatic rings. The molecule has 1 N–H and O–H groups in total. The maximum Gasteiger partial charge on any atom is 0.243 e. The highest BCUT2D eigenvalue weighted by molar-refractivity contribution is 7.89. The Kier molecular flexibility index (Phi) is 5.79. The fraction of sp³-hybridized carbons (Fsp3) is 0.444. The Morgan fingerprint density at radius 2 is 1.93 bits per heavy atom. The average molecular weight is 390 g/mol. The fourth-order valence-corrected chi connectivity index (χ4v) is 4.05. The number of aromatic nitrogens is 1.